The lowest BCUT2D eigenvalue weighted by Crippen LogP contribution is -2.18. The van der Waals surface area contributed by atoms with Gasteiger partial charge in [-0.15, -0.1) is 0 Å². The predicted molar refractivity (Wildman–Crippen MR) is 89.0 cm³/mol. The number of fused-ring (bicyclic) bond motifs is 1. The summed E-state index contributed by atoms with van der Waals surface area (Å²) in [7, 11) is 0. The van der Waals surface area contributed by atoms with Gasteiger partial charge in [0.15, 0.2) is 5.65 Å². The van der Waals surface area contributed by atoms with Crippen molar-refractivity contribution in [3.8, 4) is 11.3 Å². The molecular formula is C16H10F3N7O. The minimum atomic E-state index is -4.57. The number of hydrogen-bond acceptors (Lipinski definition) is 6. The maximum atomic E-state index is 13.0. The van der Waals surface area contributed by atoms with Crippen LogP contribution in [-0.2, 0) is 11.0 Å². The van der Waals surface area contributed by atoms with Gasteiger partial charge in [0.2, 0.25) is 0 Å². The summed E-state index contributed by atoms with van der Waals surface area (Å²) in [5, 5.41) is 4.02. The number of anilines is 1. The van der Waals surface area contributed by atoms with Gasteiger partial charge in [0, 0.05) is 30.8 Å². The highest BCUT2D eigenvalue weighted by Crippen LogP contribution is 2.30. The van der Waals surface area contributed by atoms with Crippen molar-refractivity contribution in [2.24, 2.45) is 4.99 Å². The summed E-state index contributed by atoms with van der Waals surface area (Å²) in [6, 6.07) is 2.43. The normalized spacial score (nSPS) is 14.8. The van der Waals surface area contributed by atoms with Crippen molar-refractivity contribution < 1.29 is 18.0 Å². The second-order valence-corrected chi connectivity index (χ2v) is 5.52. The number of hydrogen-bond donors (Lipinski definition) is 0. The molecule has 1 aliphatic heterocycles. The van der Waals surface area contributed by atoms with Gasteiger partial charge < -0.3 is 4.90 Å². The molecule has 0 fully saturated rings. The van der Waals surface area contributed by atoms with Gasteiger partial charge in [0.25, 0.3) is 5.91 Å². The van der Waals surface area contributed by atoms with Crippen LogP contribution in [0, 0.1) is 0 Å². The molecule has 8 nitrogen and oxygen atoms in total. The highest BCUT2D eigenvalue weighted by atomic mass is 19.4. The Bertz CT molecular complexity index is 1090. The number of nitrogens with zero attached hydrogens (tertiary/aromatic N) is 7. The van der Waals surface area contributed by atoms with E-state index in [2.05, 4.69) is 25.0 Å². The number of rotatable bonds is 2. The maximum Gasteiger partial charge on any atom is 0.433 e. The molecule has 3 aromatic rings. The van der Waals surface area contributed by atoms with Crippen LogP contribution in [0.2, 0.25) is 0 Å². The van der Waals surface area contributed by atoms with E-state index in [1.807, 2.05) is 0 Å². The van der Waals surface area contributed by atoms with E-state index in [0.29, 0.717) is 23.6 Å². The second kappa shape index (κ2) is 6.27. The summed E-state index contributed by atoms with van der Waals surface area (Å²) in [6.45, 7) is 0.309. The number of aromatic nitrogens is 5. The third-order valence-corrected chi connectivity index (χ3v) is 3.78. The Kier molecular flexibility index (Phi) is 3.90. The summed E-state index contributed by atoms with van der Waals surface area (Å²) in [6.07, 6.45) is 3.54. The van der Waals surface area contributed by atoms with Gasteiger partial charge in [-0.3, -0.25) is 4.79 Å². The summed E-state index contributed by atoms with van der Waals surface area (Å²) >= 11 is 0. The molecule has 0 aromatic carbocycles. The lowest BCUT2D eigenvalue weighted by atomic mass is 10.2. The van der Waals surface area contributed by atoms with Gasteiger partial charge in [0.05, 0.1) is 24.0 Å². The standard InChI is InChI=1S/C16H10F3N7O/c17-16(18,19)12-1-5-26-15(24-12)10(8-23-26)11-7-13(22-9-21-11)25-4-2-14(27)20-3-6-25/h1-5,7-9H,6H2. The fourth-order valence-corrected chi connectivity index (χ4v) is 2.51. The Hall–Kier alpha value is -3.63. The molecule has 3 aromatic heterocycles. The SMILES string of the molecule is O=C1C=CN(c2cc(-c3cnn4ccc(C(F)(F)F)nc34)ncn2)CC=N1. The molecule has 0 bridgehead atoms. The zero-order chi connectivity index (χ0) is 19.0. The summed E-state index contributed by atoms with van der Waals surface area (Å²) < 4.78 is 40.1. The Labute approximate surface area is 149 Å². The molecule has 27 heavy (non-hydrogen) atoms. The van der Waals surface area contributed by atoms with Crippen molar-refractivity contribution >= 4 is 23.6 Å². The minimum absolute atomic E-state index is 0.0256. The van der Waals surface area contributed by atoms with Crippen LogP contribution in [0.4, 0.5) is 19.0 Å². The van der Waals surface area contributed by atoms with Crippen molar-refractivity contribution in [1.29, 1.82) is 0 Å². The molecule has 0 spiro atoms. The average Bonchev–Trinajstić information content (AvgIpc) is 2.95. The highest BCUT2D eigenvalue weighted by Gasteiger charge is 2.33. The fraction of sp³-hybridized carbons (Fsp3) is 0.125. The van der Waals surface area contributed by atoms with Crippen LogP contribution in [0.25, 0.3) is 16.9 Å². The van der Waals surface area contributed by atoms with E-state index in [-0.39, 0.29) is 5.65 Å². The van der Waals surface area contributed by atoms with Crippen LogP contribution < -0.4 is 4.90 Å². The lowest BCUT2D eigenvalue weighted by molar-refractivity contribution is -0.141. The number of alkyl halides is 3. The number of carbonyl (C=O) groups is 1. The Morgan fingerprint density at radius 1 is 1.19 bits per heavy atom. The fourth-order valence-electron chi connectivity index (χ4n) is 2.51. The van der Waals surface area contributed by atoms with E-state index >= 15 is 0 Å². The van der Waals surface area contributed by atoms with Gasteiger partial charge in [-0.05, 0) is 6.07 Å². The van der Waals surface area contributed by atoms with E-state index in [9.17, 15) is 18.0 Å². The molecule has 0 saturated carbocycles. The summed E-state index contributed by atoms with van der Waals surface area (Å²) in [5.41, 5.74) is -0.315. The smallest absolute Gasteiger partial charge is 0.327 e. The second-order valence-electron chi connectivity index (χ2n) is 5.52. The van der Waals surface area contributed by atoms with Crippen LogP contribution in [-0.4, -0.2) is 43.2 Å². The van der Waals surface area contributed by atoms with Gasteiger partial charge in [-0.1, -0.05) is 0 Å². The molecule has 11 heteroatoms. The quantitative estimate of drug-likeness (QED) is 0.684. The monoisotopic (exact) mass is 373 g/mol. The third-order valence-electron chi connectivity index (χ3n) is 3.78. The predicted octanol–water partition coefficient (Wildman–Crippen LogP) is 2.14. The van der Waals surface area contributed by atoms with Crippen molar-refractivity contribution in [3.05, 3.63) is 48.8 Å². The molecule has 0 N–H and O–H groups in total. The molecule has 0 saturated heterocycles. The van der Waals surface area contributed by atoms with Crippen molar-refractivity contribution in [2.45, 2.75) is 6.18 Å². The first-order valence-electron chi connectivity index (χ1n) is 7.67. The van der Waals surface area contributed by atoms with Gasteiger partial charge >= 0.3 is 6.18 Å². The zero-order valence-corrected chi connectivity index (χ0v) is 13.5. The third kappa shape index (κ3) is 3.26. The minimum Gasteiger partial charge on any atom is -0.327 e. The van der Waals surface area contributed by atoms with E-state index in [0.717, 1.165) is 6.07 Å². The molecule has 136 valence electrons. The van der Waals surface area contributed by atoms with Crippen molar-refractivity contribution in [2.75, 3.05) is 11.4 Å². The largest absolute Gasteiger partial charge is 0.433 e. The average molecular weight is 373 g/mol. The zero-order valence-electron chi connectivity index (χ0n) is 13.5. The Morgan fingerprint density at radius 2 is 2.04 bits per heavy atom. The molecule has 1 amide bonds. The van der Waals surface area contributed by atoms with Crippen LogP contribution in [0.5, 0.6) is 0 Å². The molecule has 4 rings (SSSR count). The van der Waals surface area contributed by atoms with Gasteiger partial charge in [-0.25, -0.2) is 24.5 Å². The van der Waals surface area contributed by atoms with Crippen LogP contribution >= 0.6 is 0 Å². The molecular weight excluding hydrogens is 363 g/mol. The first-order chi connectivity index (χ1) is 12.9. The first-order valence-corrected chi connectivity index (χ1v) is 7.67. The van der Waals surface area contributed by atoms with Gasteiger partial charge in [0.1, 0.15) is 17.8 Å². The van der Waals surface area contributed by atoms with Crippen LogP contribution in [0.15, 0.2) is 48.1 Å². The van der Waals surface area contributed by atoms with Crippen LogP contribution in [0.1, 0.15) is 5.69 Å². The van der Waals surface area contributed by atoms with E-state index in [4.69, 9.17) is 0 Å². The summed E-state index contributed by atoms with van der Waals surface area (Å²) in [5.74, 6) is 0.0574. The maximum absolute atomic E-state index is 13.0. The molecule has 0 unspecified atom stereocenters. The Balaban J connectivity index is 1.77. The highest BCUT2D eigenvalue weighted by molar-refractivity contribution is 5.96. The molecule has 0 atom stereocenters. The topological polar surface area (TPSA) is 88.6 Å². The molecule has 4 heterocycles. The van der Waals surface area contributed by atoms with Gasteiger partial charge in [-0.2, -0.15) is 18.3 Å². The number of carbonyl (C=O) groups excluding carboxylic acids is 1. The van der Waals surface area contributed by atoms with Crippen molar-refractivity contribution in [3.63, 3.8) is 0 Å². The van der Waals surface area contributed by atoms with E-state index in [1.54, 1.807) is 11.0 Å². The van der Waals surface area contributed by atoms with Crippen LogP contribution in [0.3, 0.4) is 0 Å². The first kappa shape index (κ1) is 16.8. The lowest BCUT2D eigenvalue weighted by Gasteiger charge is -2.16. The number of amides is 1. The summed E-state index contributed by atoms with van der Waals surface area (Å²) in [4.78, 5) is 28.6. The molecule has 0 radical (unpaired) electrons. The number of aliphatic imine (C=N–C) groups is 1. The number of halogens is 3. The Morgan fingerprint density at radius 3 is 2.85 bits per heavy atom. The van der Waals surface area contributed by atoms with E-state index in [1.165, 1.54) is 41.7 Å². The molecule has 1 aliphatic rings. The molecule has 0 aliphatic carbocycles. The van der Waals surface area contributed by atoms with E-state index < -0.39 is 17.8 Å². The van der Waals surface area contributed by atoms with Crippen molar-refractivity contribution in [1.82, 2.24) is 24.6 Å².